The van der Waals surface area contributed by atoms with Crippen LogP contribution in [0.3, 0.4) is 0 Å². The molecule has 11 heteroatoms. The molecular weight excluding hydrogens is 505 g/mol. The number of aromatic nitrogens is 3. The van der Waals surface area contributed by atoms with Crippen LogP contribution in [0.5, 0.6) is 0 Å². The van der Waals surface area contributed by atoms with Crippen LogP contribution in [0.1, 0.15) is 67.6 Å². The molecule has 37 heavy (non-hydrogen) atoms. The van der Waals surface area contributed by atoms with Crippen molar-refractivity contribution >= 4 is 28.9 Å². The van der Waals surface area contributed by atoms with Crippen LogP contribution in [-0.4, -0.2) is 31.1 Å². The van der Waals surface area contributed by atoms with Crippen LogP contribution in [0.4, 0.5) is 24.8 Å². The van der Waals surface area contributed by atoms with Crippen LogP contribution in [0, 0.1) is 11.8 Å². The van der Waals surface area contributed by atoms with E-state index in [-0.39, 0.29) is 17.8 Å². The first-order valence-electron chi connectivity index (χ1n) is 12.2. The summed E-state index contributed by atoms with van der Waals surface area (Å²) in [6.07, 6.45) is 2.59. The van der Waals surface area contributed by atoms with E-state index in [0.717, 1.165) is 41.1 Å². The number of hydrogen-bond acceptors (Lipinski definition) is 7. The summed E-state index contributed by atoms with van der Waals surface area (Å²) in [6, 6.07) is 6.61. The molecule has 1 unspecified atom stereocenters. The van der Waals surface area contributed by atoms with Crippen LogP contribution >= 0.6 is 11.3 Å². The molecule has 7 nitrogen and oxygen atoms in total. The Kier molecular flexibility index (Phi) is 6.70. The summed E-state index contributed by atoms with van der Waals surface area (Å²) < 4.78 is 39.3. The molecule has 1 aromatic carbocycles. The minimum atomic E-state index is -4.57. The van der Waals surface area contributed by atoms with Gasteiger partial charge in [0, 0.05) is 18.1 Å². The Morgan fingerprint density at radius 2 is 1.81 bits per heavy atom. The van der Waals surface area contributed by atoms with E-state index in [9.17, 15) is 28.2 Å². The van der Waals surface area contributed by atoms with E-state index in [0.29, 0.717) is 42.3 Å². The van der Waals surface area contributed by atoms with Gasteiger partial charge in [-0.2, -0.15) is 13.2 Å². The molecule has 2 saturated carbocycles. The van der Waals surface area contributed by atoms with Gasteiger partial charge < -0.3 is 15.5 Å². The largest absolute Gasteiger partial charge is 0.481 e. The second kappa shape index (κ2) is 9.68. The molecule has 2 heterocycles. The minimum Gasteiger partial charge on any atom is -0.481 e. The summed E-state index contributed by atoms with van der Waals surface area (Å²) >= 11 is 1.37. The number of anilines is 2. The maximum atomic E-state index is 13.1. The lowest BCUT2D eigenvalue weighted by Gasteiger charge is -2.35. The zero-order valence-electron chi connectivity index (χ0n) is 20.1. The summed E-state index contributed by atoms with van der Waals surface area (Å²) in [5, 5.41) is 24.1. The van der Waals surface area contributed by atoms with Crippen LogP contribution in [-0.2, 0) is 16.6 Å². The lowest BCUT2D eigenvalue weighted by molar-refractivity contribution is -0.144. The average Bonchev–Trinajstić information content (AvgIpc) is 3.59. The zero-order chi connectivity index (χ0) is 26.4. The Balaban J connectivity index is 1.40. The number of rotatable bonds is 7. The highest BCUT2D eigenvalue weighted by atomic mass is 32.1. The van der Waals surface area contributed by atoms with Gasteiger partial charge in [0.1, 0.15) is 16.3 Å². The molecule has 3 aromatic rings. The van der Waals surface area contributed by atoms with E-state index in [4.69, 9.17) is 0 Å². The fourth-order valence-corrected chi connectivity index (χ4v) is 5.97. The van der Waals surface area contributed by atoms with E-state index in [1.807, 2.05) is 12.1 Å². The number of thiazole rings is 1. The Morgan fingerprint density at radius 3 is 2.46 bits per heavy atom. The van der Waals surface area contributed by atoms with Crippen molar-refractivity contribution in [3.63, 3.8) is 0 Å². The van der Waals surface area contributed by atoms with E-state index >= 15 is 0 Å². The molecule has 1 atom stereocenters. The van der Waals surface area contributed by atoms with Gasteiger partial charge in [-0.3, -0.25) is 4.79 Å². The quantitative estimate of drug-likeness (QED) is 0.326. The molecule has 2 aliphatic rings. The van der Waals surface area contributed by atoms with Gasteiger partial charge in [-0.05, 0) is 92.7 Å². The lowest BCUT2D eigenvalue weighted by atomic mass is 9.74. The Bertz CT molecular complexity index is 1300. The normalized spacial score (nSPS) is 21.9. The second-order valence-electron chi connectivity index (χ2n) is 10.1. The second-order valence-corrected chi connectivity index (χ2v) is 11.1. The molecule has 0 amide bonds. The molecule has 0 saturated heterocycles. The number of aliphatic carboxylic acids is 1. The first-order chi connectivity index (χ1) is 17.5. The summed E-state index contributed by atoms with van der Waals surface area (Å²) in [5.74, 6) is -0.988. The van der Waals surface area contributed by atoms with Crippen molar-refractivity contribution in [1.29, 1.82) is 0 Å². The Morgan fingerprint density at radius 1 is 1.08 bits per heavy atom. The summed E-state index contributed by atoms with van der Waals surface area (Å²) in [4.78, 5) is 24.2. The molecule has 0 radical (unpaired) electrons. The van der Waals surface area contributed by atoms with Gasteiger partial charge in [0.2, 0.25) is 5.95 Å². The van der Waals surface area contributed by atoms with Crippen molar-refractivity contribution in [2.24, 2.45) is 11.8 Å². The third-order valence-corrected chi connectivity index (χ3v) is 8.57. The van der Waals surface area contributed by atoms with E-state index < -0.39 is 23.4 Å². The zero-order valence-corrected chi connectivity index (χ0v) is 20.9. The lowest BCUT2D eigenvalue weighted by Crippen LogP contribution is -2.35. The number of aliphatic hydroxyl groups is 1. The topological polar surface area (TPSA) is 108 Å². The first kappa shape index (κ1) is 25.6. The van der Waals surface area contributed by atoms with Gasteiger partial charge in [0.15, 0.2) is 0 Å². The molecule has 5 rings (SSSR count). The van der Waals surface area contributed by atoms with E-state index in [2.05, 4.69) is 26.3 Å². The Hall–Kier alpha value is -3.05. The van der Waals surface area contributed by atoms with Crippen molar-refractivity contribution in [3.8, 4) is 10.4 Å². The highest BCUT2D eigenvalue weighted by molar-refractivity contribution is 7.15. The fraction of sp³-hybridized carbons (Fsp3) is 0.462. The highest BCUT2D eigenvalue weighted by Crippen LogP contribution is 2.46. The average molecular weight is 533 g/mol. The van der Waals surface area contributed by atoms with Gasteiger partial charge in [-0.15, -0.1) is 11.3 Å². The SMILES string of the molecule is CC(O)(c1ncc(-c2cc(Nc3nccc(C(F)(F)F)n3)cc(C3CC3)c2)s1)[C@H]1CC[C@H](C(=O)O)CC1. The maximum absolute atomic E-state index is 13.1. The van der Waals surface area contributed by atoms with Crippen LogP contribution in [0.25, 0.3) is 10.4 Å². The number of benzene rings is 1. The third kappa shape index (κ3) is 5.62. The van der Waals surface area contributed by atoms with E-state index in [1.165, 1.54) is 11.3 Å². The molecule has 2 aliphatic carbocycles. The summed E-state index contributed by atoms with van der Waals surface area (Å²) in [6.45, 7) is 1.74. The van der Waals surface area contributed by atoms with Gasteiger partial charge in [0.05, 0.1) is 10.8 Å². The Labute approximate surface area is 215 Å². The molecule has 196 valence electrons. The number of carboxylic acids is 1. The summed E-state index contributed by atoms with van der Waals surface area (Å²) in [7, 11) is 0. The number of halogens is 3. The number of carboxylic acid groups (broad SMARTS) is 1. The molecule has 3 N–H and O–H groups in total. The summed E-state index contributed by atoms with van der Waals surface area (Å²) in [5.41, 5.74) is 0.282. The minimum absolute atomic E-state index is 0.0878. The molecule has 0 bridgehead atoms. The van der Waals surface area contributed by atoms with Gasteiger partial charge >= 0.3 is 12.1 Å². The van der Waals surface area contributed by atoms with Crippen LogP contribution < -0.4 is 5.32 Å². The van der Waals surface area contributed by atoms with Crippen molar-refractivity contribution in [3.05, 3.63) is 52.9 Å². The van der Waals surface area contributed by atoms with Crippen molar-refractivity contribution in [2.75, 3.05) is 5.32 Å². The van der Waals surface area contributed by atoms with Crippen molar-refractivity contribution in [1.82, 2.24) is 15.0 Å². The van der Waals surface area contributed by atoms with Crippen molar-refractivity contribution < 1.29 is 28.2 Å². The van der Waals surface area contributed by atoms with Gasteiger partial charge in [0.25, 0.3) is 0 Å². The maximum Gasteiger partial charge on any atom is 0.433 e. The van der Waals surface area contributed by atoms with Crippen LogP contribution in [0.2, 0.25) is 0 Å². The monoisotopic (exact) mass is 532 g/mol. The van der Waals surface area contributed by atoms with Crippen LogP contribution in [0.15, 0.2) is 36.7 Å². The number of nitrogens with zero attached hydrogens (tertiary/aromatic N) is 3. The number of hydrogen-bond donors (Lipinski definition) is 3. The number of carbonyl (C=O) groups is 1. The molecule has 0 aliphatic heterocycles. The predicted octanol–water partition coefficient (Wildman–Crippen LogP) is 6.34. The predicted molar refractivity (Wildman–Crippen MR) is 132 cm³/mol. The van der Waals surface area contributed by atoms with Gasteiger partial charge in [-0.25, -0.2) is 15.0 Å². The smallest absolute Gasteiger partial charge is 0.433 e. The fourth-order valence-electron chi connectivity index (χ4n) is 4.94. The number of alkyl halides is 3. The van der Waals surface area contributed by atoms with Crippen molar-refractivity contribution in [2.45, 2.75) is 63.1 Å². The third-order valence-electron chi connectivity index (χ3n) is 7.30. The molecule has 2 aromatic heterocycles. The van der Waals surface area contributed by atoms with E-state index in [1.54, 1.807) is 13.1 Å². The highest BCUT2D eigenvalue weighted by Gasteiger charge is 2.40. The van der Waals surface area contributed by atoms with Gasteiger partial charge in [-0.1, -0.05) is 0 Å². The first-order valence-corrected chi connectivity index (χ1v) is 13.1. The molecular formula is C26H27F3N4O3S. The molecule has 2 fully saturated rings. The molecule has 0 spiro atoms. The number of nitrogens with one attached hydrogen (secondary N) is 1. The standard InChI is InChI=1S/C26H27F3N4O3S/c1-25(36,18-6-4-15(5-7-18)22(34)35)23-31-13-20(37-23)17-10-16(14-2-3-14)11-19(12-17)32-24-30-9-8-21(33-24)26(27,28)29/h8-15,18,36H,2-7H2,1H3,(H,34,35)(H,30,32,33)/t15-,18-,25?.